The van der Waals surface area contributed by atoms with E-state index in [1.807, 2.05) is 49.1 Å². The number of piperidine rings is 1. The molecule has 2 aliphatic rings. The number of guanidine groups is 1. The maximum atomic E-state index is 13.5. The number of nitrogens with one attached hydrogen (secondary N) is 2. The molecule has 2 atom stereocenters. The summed E-state index contributed by atoms with van der Waals surface area (Å²) in [6.07, 6.45) is 3.42. The number of aliphatic imine (C=N–C) groups is 1. The minimum atomic E-state index is -3.67. The van der Waals surface area contributed by atoms with E-state index >= 15 is 0 Å². The molecule has 2 aliphatic heterocycles. The number of hydrogen-bond donors (Lipinski definition) is 3. The third kappa shape index (κ3) is 12.6. The number of amides is 3. The van der Waals surface area contributed by atoms with E-state index < -0.39 is 40.1 Å². The molecule has 0 bridgehead atoms. The number of nitrogens with two attached hydrogens (primary N) is 1. The average molecular weight is 665 g/mol. The van der Waals surface area contributed by atoms with Gasteiger partial charge in [0.15, 0.2) is 5.96 Å². The number of carbonyl (C=O) groups is 4. The predicted molar refractivity (Wildman–Crippen MR) is 172 cm³/mol. The Morgan fingerprint density at radius 2 is 1.74 bits per heavy atom. The van der Waals surface area contributed by atoms with E-state index in [4.69, 9.17) is 15.2 Å². The number of ether oxygens (including phenoxy) is 2. The Hall–Kier alpha value is -3.72. The molecule has 1 aromatic rings. The topological polar surface area (TPSA) is 190 Å². The van der Waals surface area contributed by atoms with E-state index in [0.717, 1.165) is 24.7 Å². The molecule has 0 saturated carbocycles. The second-order valence-corrected chi connectivity index (χ2v) is 14.0. The summed E-state index contributed by atoms with van der Waals surface area (Å²) in [5, 5.41) is 2.99. The van der Waals surface area contributed by atoms with Crippen LogP contribution in [0.1, 0.15) is 57.9 Å². The van der Waals surface area contributed by atoms with Crippen LogP contribution >= 0.6 is 0 Å². The first-order valence-electron chi connectivity index (χ1n) is 15.8. The number of sulfonamides is 1. The van der Waals surface area contributed by atoms with Gasteiger partial charge in [-0.2, -0.15) is 4.99 Å². The quantitative estimate of drug-likeness (QED) is 0.113. The second kappa shape index (κ2) is 17.8. The summed E-state index contributed by atoms with van der Waals surface area (Å²) >= 11 is 0. The molecule has 2 heterocycles. The Labute approximate surface area is 271 Å². The van der Waals surface area contributed by atoms with Gasteiger partial charge < -0.3 is 30.3 Å². The molecule has 4 N–H and O–H groups in total. The molecule has 0 aliphatic carbocycles. The van der Waals surface area contributed by atoms with Crippen molar-refractivity contribution in [2.75, 3.05) is 45.6 Å². The van der Waals surface area contributed by atoms with Crippen molar-refractivity contribution >= 4 is 39.9 Å². The molecule has 14 nitrogen and oxygen atoms in total. The van der Waals surface area contributed by atoms with Crippen molar-refractivity contribution in [3.63, 3.8) is 0 Å². The number of rotatable bonds is 14. The van der Waals surface area contributed by atoms with Crippen LogP contribution < -0.4 is 15.8 Å². The molecule has 1 aromatic carbocycles. The van der Waals surface area contributed by atoms with Gasteiger partial charge in [0.2, 0.25) is 27.7 Å². The smallest absolute Gasteiger partial charge is 0.434 e. The summed E-state index contributed by atoms with van der Waals surface area (Å²) in [5.74, 6) is -0.554. The van der Waals surface area contributed by atoms with Crippen molar-refractivity contribution in [3.05, 3.63) is 35.9 Å². The van der Waals surface area contributed by atoms with Crippen molar-refractivity contribution in [3.8, 4) is 0 Å². The molecule has 2 saturated heterocycles. The Kier molecular flexibility index (Phi) is 14.2. The van der Waals surface area contributed by atoms with E-state index in [1.165, 1.54) is 4.90 Å². The van der Waals surface area contributed by atoms with Gasteiger partial charge in [0.05, 0.1) is 19.5 Å². The lowest BCUT2D eigenvalue weighted by Gasteiger charge is -2.33. The fourth-order valence-electron chi connectivity index (χ4n) is 5.43. The normalized spacial score (nSPS) is 18.3. The van der Waals surface area contributed by atoms with E-state index in [2.05, 4.69) is 15.0 Å². The van der Waals surface area contributed by atoms with E-state index in [1.54, 1.807) is 0 Å². The van der Waals surface area contributed by atoms with Gasteiger partial charge in [-0.05, 0) is 55.9 Å². The molecule has 0 radical (unpaired) electrons. The van der Waals surface area contributed by atoms with Crippen LogP contribution in [0.15, 0.2) is 35.3 Å². The van der Waals surface area contributed by atoms with Crippen LogP contribution in [0, 0.1) is 11.8 Å². The number of likely N-dealkylation sites (tertiary alicyclic amines) is 2. The Morgan fingerprint density at radius 3 is 2.39 bits per heavy atom. The van der Waals surface area contributed by atoms with E-state index in [9.17, 15) is 27.6 Å². The summed E-state index contributed by atoms with van der Waals surface area (Å²) in [5.41, 5.74) is 6.88. The van der Waals surface area contributed by atoms with Crippen LogP contribution in [-0.2, 0) is 40.3 Å². The van der Waals surface area contributed by atoms with Crippen molar-refractivity contribution in [1.82, 2.24) is 19.8 Å². The van der Waals surface area contributed by atoms with Gasteiger partial charge in [0.1, 0.15) is 12.1 Å². The number of benzene rings is 1. The van der Waals surface area contributed by atoms with Crippen LogP contribution in [0.4, 0.5) is 4.79 Å². The number of carbonyl (C=O) groups excluding carboxylic acids is 4. The molecular weight excluding hydrogens is 616 g/mol. The SMILES string of the molecule is CC(C)COC(=O)OCCCC(=O)N=C(N)N1CCC(CNC(=O)[C@@H]2CCCN2C(=O)[C@@H](Cc2ccccc2)NS(C)(=O)=O)CC1. The monoisotopic (exact) mass is 664 g/mol. The molecule has 0 spiro atoms. The molecule has 46 heavy (non-hydrogen) atoms. The standard InChI is InChI=1S/C31H48N6O8S/c1-22(2)21-45-31(41)44-18-8-12-27(38)34-30(32)36-16-13-24(14-17-36)20-33-28(39)26-11-7-15-37(26)29(40)25(35-46(3,42)43)19-23-9-5-4-6-10-23/h4-6,9-10,22,24-26,35H,7-8,11-21H2,1-3H3,(H,33,39)(H2,32,34,38)/t25-,26+/m1/s1. The molecular formula is C31H48N6O8S. The lowest BCUT2D eigenvalue weighted by molar-refractivity contribution is -0.139. The van der Waals surface area contributed by atoms with Crippen molar-refractivity contribution in [2.45, 2.75) is 70.9 Å². The molecule has 15 heteroatoms. The van der Waals surface area contributed by atoms with Gasteiger partial charge in [-0.25, -0.2) is 17.9 Å². The fourth-order valence-corrected chi connectivity index (χ4v) is 6.13. The summed E-state index contributed by atoms with van der Waals surface area (Å²) in [7, 11) is -3.67. The highest BCUT2D eigenvalue weighted by Crippen LogP contribution is 2.21. The third-order valence-electron chi connectivity index (χ3n) is 7.81. The first-order chi connectivity index (χ1) is 21.8. The number of hydrogen-bond acceptors (Lipinski definition) is 8. The van der Waals surface area contributed by atoms with E-state index in [0.29, 0.717) is 45.4 Å². The van der Waals surface area contributed by atoms with Gasteiger partial charge in [-0.3, -0.25) is 14.4 Å². The molecule has 0 aromatic heterocycles. The Bertz CT molecular complexity index is 1320. The second-order valence-electron chi connectivity index (χ2n) is 12.3. The van der Waals surface area contributed by atoms with Gasteiger partial charge in [-0.15, -0.1) is 0 Å². The molecule has 3 rings (SSSR count). The highest BCUT2D eigenvalue weighted by atomic mass is 32.2. The lowest BCUT2D eigenvalue weighted by Crippen LogP contribution is -2.54. The molecule has 0 unspecified atom stereocenters. The summed E-state index contributed by atoms with van der Waals surface area (Å²) in [4.78, 5) is 57.7. The van der Waals surface area contributed by atoms with Crippen molar-refractivity contribution in [2.24, 2.45) is 22.6 Å². The zero-order valence-electron chi connectivity index (χ0n) is 27.0. The largest absolute Gasteiger partial charge is 0.508 e. The minimum absolute atomic E-state index is 0.0494. The number of nitrogens with zero attached hydrogens (tertiary/aromatic N) is 3. The first-order valence-corrected chi connectivity index (χ1v) is 17.7. The zero-order valence-corrected chi connectivity index (χ0v) is 27.8. The van der Waals surface area contributed by atoms with Gasteiger partial charge in [0.25, 0.3) is 0 Å². The fraction of sp³-hybridized carbons (Fsp3) is 0.645. The maximum Gasteiger partial charge on any atom is 0.508 e. The molecule has 256 valence electrons. The maximum absolute atomic E-state index is 13.5. The van der Waals surface area contributed by atoms with Crippen molar-refractivity contribution in [1.29, 1.82) is 0 Å². The summed E-state index contributed by atoms with van der Waals surface area (Å²) < 4.78 is 36.4. The van der Waals surface area contributed by atoms with Gasteiger partial charge in [0, 0.05) is 32.6 Å². The Balaban J connectivity index is 1.42. The lowest BCUT2D eigenvalue weighted by atomic mass is 9.97. The van der Waals surface area contributed by atoms with Crippen molar-refractivity contribution < 1.29 is 37.1 Å². The Morgan fingerprint density at radius 1 is 1.04 bits per heavy atom. The van der Waals surface area contributed by atoms with Crippen LogP contribution in [0.5, 0.6) is 0 Å². The van der Waals surface area contributed by atoms with Crippen LogP contribution in [0.25, 0.3) is 0 Å². The highest BCUT2D eigenvalue weighted by molar-refractivity contribution is 7.88. The molecule has 3 amide bonds. The average Bonchev–Trinajstić information content (AvgIpc) is 3.50. The van der Waals surface area contributed by atoms with Crippen LogP contribution in [-0.4, -0.2) is 106 Å². The minimum Gasteiger partial charge on any atom is -0.434 e. The first kappa shape index (κ1) is 36.7. The van der Waals surface area contributed by atoms with Crippen LogP contribution in [0.3, 0.4) is 0 Å². The highest BCUT2D eigenvalue weighted by Gasteiger charge is 2.38. The van der Waals surface area contributed by atoms with E-state index in [-0.39, 0.29) is 49.8 Å². The van der Waals surface area contributed by atoms with Gasteiger partial charge >= 0.3 is 6.16 Å². The zero-order chi connectivity index (χ0) is 33.7. The van der Waals surface area contributed by atoms with Gasteiger partial charge in [-0.1, -0.05) is 44.2 Å². The molecule has 2 fully saturated rings. The summed E-state index contributed by atoms with van der Waals surface area (Å²) in [6, 6.07) is 7.46. The van der Waals surface area contributed by atoms with Crippen LogP contribution in [0.2, 0.25) is 0 Å². The summed E-state index contributed by atoms with van der Waals surface area (Å²) in [6.45, 7) is 6.09. The third-order valence-corrected chi connectivity index (χ3v) is 8.52. The predicted octanol–water partition coefficient (Wildman–Crippen LogP) is 1.40.